The maximum atomic E-state index is 5.79. The normalized spacial score (nSPS) is 55.5. The van der Waals surface area contributed by atoms with Gasteiger partial charge in [0.15, 0.2) is 0 Å². The van der Waals surface area contributed by atoms with E-state index in [1.54, 1.807) is 0 Å². The summed E-state index contributed by atoms with van der Waals surface area (Å²) < 4.78 is 11.6. The van der Waals surface area contributed by atoms with Gasteiger partial charge in [0.05, 0.1) is 14.2 Å². The van der Waals surface area contributed by atoms with Crippen LogP contribution in [0.15, 0.2) is 24.3 Å². The molecule has 0 saturated heterocycles. The first-order valence-electron chi connectivity index (χ1n) is 8.72. The molecule has 2 nitrogen and oxygen atoms in total. The summed E-state index contributed by atoms with van der Waals surface area (Å²) in [5, 5.41) is 0. The number of hydrogen-bond donors (Lipinski definition) is 0. The van der Waals surface area contributed by atoms with Crippen molar-refractivity contribution in [3.8, 4) is 11.5 Å². The predicted octanol–water partition coefficient (Wildman–Crippen LogP) is 3.73. The Balaban J connectivity index is 1.58. The van der Waals surface area contributed by atoms with Crippen molar-refractivity contribution in [1.29, 1.82) is 0 Å². The van der Waals surface area contributed by atoms with E-state index in [2.05, 4.69) is 24.3 Å². The van der Waals surface area contributed by atoms with Crippen LogP contribution in [0.25, 0.3) is 0 Å². The molecule has 0 N–H and O–H groups in total. The van der Waals surface area contributed by atoms with Crippen LogP contribution in [0.3, 0.4) is 0 Å². The molecule has 2 spiro atoms. The van der Waals surface area contributed by atoms with Gasteiger partial charge in [-0.15, -0.1) is 0 Å². The van der Waals surface area contributed by atoms with Gasteiger partial charge in [-0.05, 0) is 71.3 Å². The number of allylic oxidation sites excluding steroid dienone is 2. The summed E-state index contributed by atoms with van der Waals surface area (Å²) in [5.41, 5.74) is 4.27. The molecule has 0 unspecified atom stereocenters. The first-order chi connectivity index (χ1) is 10.8. The Morgan fingerprint density at radius 1 is 0.818 bits per heavy atom. The van der Waals surface area contributed by atoms with Crippen LogP contribution < -0.4 is 9.47 Å². The monoisotopic (exact) mass is 292 g/mol. The van der Waals surface area contributed by atoms with E-state index in [0.717, 1.165) is 47.0 Å². The quantitative estimate of drug-likeness (QED) is 0.773. The fraction of sp³-hybridized carbons (Fsp3) is 0.600. The van der Waals surface area contributed by atoms with E-state index in [0.29, 0.717) is 10.8 Å². The summed E-state index contributed by atoms with van der Waals surface area (Å²) in [6.07, 6.45) is 7.59. The molecule has 0 aliphatic heterocycles. The minimum atomic E-state index is 0.600. The van der Waals surface area contributed by atoms with Crippen molar-refractivity contribution in [1.82, 2.24) is 0 Å². The van der Waals surface area contributed by atoms with Gasteiger partial charge in [-0.2, -0.15) is 0 Å². The van der Waals surface area contributed by atoms with Crippen LogP contribution in [0.4, 0.5) is 0 Å². The molecule has 1 aromatic rings. The van der Waals surface area contributed by atoms with E-state index < -0.39 is 0 Å². The zero-order valence-corrected chi connectivity index (χ0v) is 13.0. The molecule has 0 amide bonds. The van der Waals surface area contributed by atoms with Crippen molar-refractivity contribution in [3.63, 3.8) is 0 Å². The van der Waals surface area contributed by atoms with Crippen LogP contribution in [-0.4, -0.2) is 14.2 Å². The number of rotatable bonds is 2. The SMILES string of the molecule is COc1ccc(OC)c2c1[C@H]1[C@@H]3[C@H]4[C@@H]5[C@H]3[C@@]13CC=CC[C@]53[C@@H]24. The van der Waals surface area contributed by atoms with E-state index in [1.807, 2.05) is 14.2 Å². The summed E-state index contributed by atoms with van der Waals surface area (Å²) in [5.74, 6) is 7.78. The molecule has 4 saturated carbocycles. The Kier molecular flexibility index (Phi) is 1.45. The van der Waals surface area contributed by atoms with Crippen molar-refractivity contribution in [2.24, 2.45) is 34.5 Å². The van der Waals surface area contributed by atoms with Crippen molar-refractivity contribution in [3.05, 3.63) is 35.4 Å². The third-order valence-corrected chi connectivity index (χ3v) is 8.94. The number of benzene rings is 1. The Morgan fingerprint density at radius 3 is 1.68 bits per heavy atom. The highest BCUT2D eigenvalue weighted by Crippen LogP contribution is 3.06. The first-order valence-corrected chi connectivity index (χ1v) is 8.72. The topological polar surface area (TPSA) is 18.5 Å². The van der Waals surface area contributed by atoms with E-state index in [-0.39, 0.29) is 0 Å². The van der Waals surface area contributed by atoms with E-state index in [1.165, 1.54) is 24.0 Å². The average Bonchev–Trinajstić information content (AvgIpc) is 2.54. The lowest BCUT2D eigenvalue weighted by molar-refractivity contribution is -0.516. The maximum Gasteiger partial charge on any atom is 0.122 e. The summed E-state index contributed by atoms with van der Waals surface area (Å²) in [6, 6.07) is 4.28. The first kappa shape index (κ1) is 11.2. The standard InChI is InChI=1S/C20H20O2/c1-21-9-5-6-10(22-2)12-11(9)15-13-14-16(12)20-8-4-3-7-19(15,20)17(13)18(14)20/h3-6,13-18H,7-8H2,1-2H3/t13-,14+,15-,16-,17-,18+,19+,20-/m0/s1. The maximum absolute atomic E-state index is 5.79. The van der Waals surface area contributed by atoms with Gasteiger partial charge in [0.25, 0.3) is 0 Å². The lowest BCUT2D eigenvalue weighted by Crippen LogP contribution is -2.98. The molecule has 0 radical (unpaired) electrons. The lowest BCUT2D eigenvalue weighted by atomic mass is 9.00. The second-order valence-corrected chi connectivity index (χ2v) is 8.42. The molecule has 112 valence electrons. The van der Waals surface area contributed by atoms with Gasteiger partial charge in [-0.25, -0.2) is 0 Å². The number of ether oxygens (including phenoxy) is 2. The third-order valence-electron chi connectivity index (χ3n) is 8.94. The summed E-state index contributed by atoms with van der Waals surface area (Å²) in [4.78, 5) is 0. The fourth-order valence-electron chi connectivity index (χ4n) is 8.92. The Bertz CT molecular complexity index is 730. The summed E-state index contributed by atoms with van der Waals surface area (Å²) in [7, 11) is 3.66. The highest BCUT2D eigenvalue weighted by atomic mass is 16.5. The van der Waals surface area contributed by atoms with Crippen LogP contribution >= 0.6 is 0 Å². The molecular formula is C20H20O2. The lowest BCUT2D eigenvalue weighted by Gasteiger charge is -3.03. The molecule has 2 heteroatoms. The third kappa shape index (κ3) is 0.654. The molecule has 4 fully saturated rings. The van der Waals surface area contributed by atoms with Gasteiger partial charge in [0.2, 0.25) is 0 Å². The van der Waals surface area contributed by atoms with Crippen LogP contribution in [0, 0.1) is 34.5 Å². The smallest absolute Gasteiger partial charge is 0.122 e. The van der Waals surface area contributed by atoms with Gasteiger partial charge < -0.3 is 9.47 Å². The minimum absolute atomic E-state index is 0.600. The van der Waals surface area contributed by atoms with E-state index >= 15 is 0 Å². The summed E-state index contributed by atoms with van der Waals surface area (Å²) in [6.45, 7) is 0. The van der Waals surface area contributed by atoms with Gasteiger partial charge in [-0.3, -0.25) is 0 Å². The largest absolute Gasteiger partial charge is 0.496 e. The summed E-state index contributed by atoms with van der Waals surface area (Å²) >= 11 is 0. The molecule has 0 aromatic heterocycles. The van der Waals surface area contributed by atoms with Gasteiger partial charge in [0, 0.05) is 11.1 Å². The van der Waals surface area contributed by atoms with Crippen molar-refractivity contribution in [2.45, 2.75) is 24.7 Å². The second kappa shape index (κ2) is 2.86. The zero-order valence-electron chi connectivity index (χ0n) is 13.0. The number of hydrogen-bond acceptors (Lipinski definition) is 2. The molecular weight excluding hydrogens is 272 g/mol. The van der Waals surface area contributed by atoms with E-state index in [9.17, 15) is 0 Å². The molecule has 8 atom stereocenters. The minimum Gasteiger partial charge on any atom is -0.496 e. The highest BCUT2D eigenvalue weighted by molar-refractivity contribution is 5.69. The van der Waals surface area contributed by atoms with Gasteiger partial charge in [-0.1, -0.05) is 12.2 Å². The zero-order chi connectivity index (χ0) is 14.4. The fourth-order valence-corrected chi connectivity index (χ4v) is 8.92. The highest BCUT2D eigenvalue weighted by Gasteiger charge is 3.01. The molecule has 0 heterocycles. The van der Waals surface area contributed by atoms with Crippen LogP contribution in [0.2, 0.25) is 0 Å². The van der Waals surface area contributed by atoms with E-state index in [4.69, 9.17) is 9.47 Å². The molecule has 22 heavy (non-hydrogen) atoms. The van der Waals surface area contributed by atoms with Gasteiger partial charge in [0.1, 0.15) is 11.5 Å². The van der Waals surface area contributed by atoms with Gasteiger partial charge >= 0.3 is 0 Å². The van der Waals surface area contributed by atoms with Crippen molar-refractivity contribution >= 4 is 0 Å². The molecule has 7 aliphatic carbocycles. The Hall–Kier alpha value is -1.44. The Morgan fingerprint density at radius 2 is 1.27 bits per heavy atom. The number of methoxy groups -OCH3 is 2. The van der Waals surface area contributed by atoms with Crippen LogP contribution in [0.5, 0.6) is 11.5 Å². The van der Waals surface area contributed by atoms with Crippen LogP contribution in [0.1, 0.15) is 35.8 Å². The van der Waals surface area contributed by atoms with Crippen LogP contribution in [-0.2, 0) is 0 Å². The molecule has 8 rings (SSSR count). The van der Waals surface area contributed by atoms with Crippen molar-refractivity contribution < 1.29 is 9.47 Å². The molecule has 7 aliphatic rings. The predicted molar refractivity (Wildman–Crippen MR) is 82.2 cm³/mol. The Labute approximate surface area is 130 Å². The average molecular weight is 292 g/mol. The van der Waals surface area contributed by atoms with Crippen molar-refractivity contribution in [2.75, 3.05) is 14.2 Å². The molecule has 1 aromatic carbocycles. The molecule has 2 bridgehead atoms. The second-order valence-electron chi connectivity index (χ2n) is 8.42.